The van der Waals surface area contributed by atoms with Gasteiger partial charge in [-0.2, -0.15) is 0 Å². The molecule has 1 aliphatic carbocycles. The van der Waals surface area contributed by atoms with Crippen molar-refractivity contribution in [3.8, 4) is 11.8 Å². The van der Waals surface area contributed by atoms with Gasteiger partial charge in [-0.05, 0) is 52.6 Å². The number of rotatable bonds is 1. The lowest BCUT2D eigenvalue weighted by molar-refractivity contribution is 0.703. The van der Waals surface area contributed by atoms with Crippen LogP contribution in [0.3, 0.4) is 0 Å². The molecular weight excluding hydrogens is 424 g/mol. The fourth-order valence-corrected chi connectivity index (χ4v) is 6.04. The SMILES string of the molecule is C1#CCC2=C(/C=C\C1)C1(c3ccccc3Nc3ccccc31)c1ccccc1N2c1ccccc1. The molecule has 2 aliphatic heterocycles. The van der Waals surface area contributed by atoms with Gasteiger partial charge in [0.25, 0.3) is 0 Å². The van der Waals surface area contributed by atoms with Crippen molar-refractivity contribution in [1.29, 1.82) is 0 Å². The van der Waals surface area contributed by atoms with Crippen molar-refractivity contribution >= 4 is 22.7 Å². The van der Waals surface area contributed by atoms with Crippen molar-refractivity contribution in [3.05, 3.63) is 143 Å². The summed E-state index contributed by atoms with van der Waals surface area (Å²) in [6, 6.07) is 37.1. The summed E-state index contributed by atoms with van der Waals surface area (Å²) in [5.74, 6) is 6.81. The first-order chi connectivity index (χ1) is 17.4. The Labute approximate surface area is 206 Å². The molecule has 2 heteroatoms. The van der Waals surface area contributed by atoms with Crippen LogP contribution in [0.4, 0.5) is 22.7 Å². The zero-order valence-corrected chi connectivity index (χ0v) is 19.3. The van der Waals surface area contributed by atoms with Crippen molar-refractivity contribution < 1.29 is 0 Å². The van der Waals surface area contributed by atoms with Gasteiger partial charge in [0.15, 0.2) is 0 Å². The molecule has 0 atom stereocenters. The third-order valence-electron chi connectivity index (χ3n) is 7.36. The number of para-hydroxylation sites is 4. The van der Waals surface area contributed by atoms with Gasteiger partial charge in [-0.1, -0.05) is 96.8 Å². The third-order valence-corrected chi connectivity index (χ3v) is 7.36. The minimum atomic E-state index is -0.439. The van der Waals surface area contributed by atoms with Crippen molar-refractivity contribution in [2.24, 2.45) is 0 Å². The fraction of sp³-hybridized carbons (Fsp3) is 0.0909. The summed E-state index contributed by atoms with van der Waals surface area (Å²) >= 11 is 0. The molecule has 2 heterocycles. The second-order valence-electron chi connectivity index (χ2n) is 9.15. The zero-order chi connectivity index (χ0) is 23.2. The van der Waals surface area contributed by atoms with E-state index in [-0.39, 0.29) is 0 Å². The van der Waals surface area contributed by atoms with Gasteiger partial charge in [-0.3, -0.25) is 0 Å². The Morgan fingerprint density at radius 3 is 2.03 bits per heavy atom. The highest BCUT2D eigenvalue weighted by molar-refractivity contribution is 5.89. The van der Waals surface area contributed by atoms with Crippen molar-refractivity contribution in [2.45, 2.75) is 18.3 Å². The molecule has 0 radical (unpaired) electrons. The topological polar surface area (TPSA) is 15.3 Å². The monoisotopic (exact) mass is 448 g/mol. The molecule has 0 bridgehead atoms. The molecule has 35 heavy (non-hydrogen) atoms. The standard InChI is InChI=1S/C33H24N2/c1-2-7-22-31-27(18-6-1)33(25-16-8-11-20-29(25)34-30-21-12-9-17-26(30)33)28-19-10-13-23-32(28)35(31)24-14-4-3-5-15-24/h3-6,8-21,23,34H,1,22H2/b18-6-. The van der Waals surface area contributed by atoms with Crippen molar-refractivity contribution in [1.82, 2.24) is 0 Å². The van der Waals surface area contributed by atoms with Gasteiger partial charge in [0.1, 0.15) is 0 Å². The lowest BCUT2D eigenvalue weighted by Crippen LogP contribution is -2.42. The van der Waals surface area contributed by atoms with Gasteiger partial charge in [0.2, 0.25) is 0 Å². The summed E-state index contributed by atoms with van der Waals surface area (Å²) in [7, 11) is 0. The average molecular weight is 449 g/mol. The molecule has 7 rings (SSSR count). The number of hydrogen-bond acceptors (Lipinski definition) is 2. The Balaban J connectivity index is 1.68. The van der Waals surface area contributed by atoms with Gasteiger partial charge in [0.05, 0.1) is 17.5 Å². The smallest absolute Gasteiger partial charge is 0.0779 e. The van der Waals surface area contributed by atoms with E-state index in [1.165, 1.54) is 33.6 Å². The molecule has 0 unspecified atom stereocenters. The first-order valence-corrected chi connectivity index (χ1v) is 12.2. The number of anilines is 4. The first kappa shape index (κ1) is 19.9. The zero-order valence-electron chi connectivity index (χ0n) is 19.3. The van der Waals surface area contributed by atoms with Gasteiger partial charge < -0.3 is 10.2 Å². The second kappa shape index (κ2) is 7.79. The maximum Gasteiger partial charge on any atom is 0.0779 e. The number of nitrogens with one attached hydrogen (secondary N) is 1. The Kier molecular flexibility index (Phi) is 4.44. The van der Waals surface area contributed by atoms with E-state index in [4.69, 9.17) is 0 Å². The number of hydrogen-bond donors (Lipinski definition) is 1. The van der Waals surface area contributed by atoms with Crippen LogP contribution in [0.5, 0.6) is 0 Å². The molecule has 0 fully saturated rings. The Bertz CT molecular complexity index is 1530. The van der Waals surface area contributed by atoms with E-state index in [9.17, 15) is 0 Å². The summed E-state index contributed by atoms with van der Waals surface area (Å²) in [6.07, 6.45) is 6.03. The van der Waals surface area contributed by atoms with Gasteiger partial charge in [-0.15, -0.1) is 0 Å². The predicted octanol–water partition coefficient (Wildman–Crippen LogP) is 7.84. The van der Waals surface area contributed by atoms with Crippen LogP contribution in [-0.4, -0.2) is 0 Å². The number of allylic oxidation sites excluding steroid dienone is 4. The maximum absolute atomic E-state index is 3.72. The van der Waals surface area contributed by atoms with E-state index in [0.717, 1.165) is 23.5 Å². The van der Waals surface area contributed by atoms with Crippen LogP contribution in [0.15, 0.2) is 127 Å². The lowest BCUT2D eigenvalue weighted by atomic mass is 9.59. The highest BCUT2D eigenvalue weighted by Crippen LogP contribution is 2.60. The summed E-state index contributed by atoms with van der Waals surface area (Å²) < 4.78 is 0. The summed E-state index contributed by atoms with van der Waals surface area (Å²) in [4.78, 5) is 2.42. The molecule has 1 spiro atoms. The highest BCUT2D eigenvalue weighted by atomic mass is 15.2. The minimum absolute atomic E-state index is 0.439. The first-order valence-electron chi connectivity index (χ1n) is 12.2. The van der Waals surface area contributed by atoms with Gasteiger partial charge in [-0.25, -0.2) is 0 Å². The van der Waals surface area contributed by atoms with Crippen molar-refractivity contribution in [2.75, 3.05) is 10.2 Å². The van der Waals surface area contributed by atoms with Crippen LogP contribution in [0, 0.1) is 11.8 Å². The molecule has 0 saturated carbocycles. The number of benzene rings is 4. The van der Waals surface area contributed by atoms with E-state index >= 15 is 0 Å². The van der Waals surface area contributed by atoms with E-state index in [1.807, 2.05) is 0 Å². The summed E-state index contributed by atoms with van der Waals surface area (Å²) in [5.41, 5.74) is 10.6. The van der Waals surface area contributed by atoms with E-state index in [1.54, 1.807) is 0 Å². The average Bonchev–Trinajstić information content (AvgIpc) is 2.90. The van der Waals surface area contributed by atoms with Crippen LogP contribution in [0.25, 0.3) is 0 Å². The number of nitrogens with zero attached hydrogens (tertiary/aromatic N) is 1. The molecule has 0 aromatic heterocycles. The van der Waals surface area contributed by atoms with Gasteiger partial charge in [0, 0.05) is 29.2 Å². The lowest BCUT2D eigenvalue weighted by Gasteiger charge is -2.49. The molecule has 3 aliphatic rings. The molecule has 4 aromatic rings. The van der Waals surface area contributed by atoms with Crippen LogP contribution in [-0.2, 0) is 5.41 Å². The molecule has 2 nitrogen and oxygen atoms in total. The third kappa shape index (κ3) is 2.79. The Morgan fingerprint density at radius 1 is 0.657 bits per heavy atom. The molecule has 0 saturated heterocycles. The molecule has 4 aromatic carbocycles. The summed E-state index contributed by atoms with van der Waals surface area (Å²) in [5, 5.41) is 3.72. The molecule has 0 amide bonds. The Morgan fingerprint density at radius 2 is 1.29 bits per heavy atom. The van der Waals surface area contributed by atoms with E-state index < -0.39 is 5.41 Å². The van der Waals surface area contributed by atoms with E-state index in [2.05, 4.69) is 137 Å². The Hall–Kier alpha value is -4.48. The predicted molar refractivity (Wildman–Crippen MR) is 144 cm³/mol. The minimum Gasteiger partial charge on any atom is -0.355 e. The van der Waals surface area contributed by atoms with Crippen LogP contribution in [0.1, 0.15) is 29.5 Å². The van der Waals surface area contributed by atoms with Crippen molar-refractivity contribution in [3.63, 3.8) is 0 Å². The quantitative estimate of drug-likeness (QED) is 0.298. The normalized spacial score (nSPS) is 17.4. The summed E-state index contributed by atoms with van der Waals surface area (Å²) in [6.45, 7) is 0. The molecule has 1 N–H and O–H groups in total. The van der Waals surface area contributed by atoms with Crippen LogP contribution < -0.4 is 10.2 Å². The second-order valence-corrected chi connectivity index (χ2v) is 9.15. The number of fused-ring (bicyclic) bond motifs is 7. The van der Waals surface area contributed by atoms with Crippen LogP contribution in [0.2, 0.25) is 0 Å². The molecular formula is C33H24N2. The fourth-order valence-electron chi connectivity index (χ4n) is 6.04. The van der Waals surface area contributed by atoms with Gasteiger partial charge >= 0.3 is 0 Å². The molecule has 166 valence electrons. The highest BCUT2D eigenvalue weighted by Gasteiger charge is 2.50. The largest absolute Gasteiger partial charge is 0.355 e. The van der Waals surface area contributed by atoms with Crippen LogP contribution >= 0.6 is 0 Å². The van der Waals surface area contributed by atoms with E-state index in [0.29, 0.717) is 6.42 Å². The maximum atomic E-state index is 3.72.